The van der Waals surface area contributed by atoms with Crippen LogP contribution in [-0.2, 0) is 0 Å². The van der Waals surface area contributed by atoms with Crippen molar-refractivity contribution in [1.29, 1.82) is 0 Å². The molecule has 0 aliphatic carbocycles. The number of alkyl halides is 3. The summed E-state index contributed by atoms with van der Waals surface area (Å²) in [6.07, 6.45) is 0. The first-order valence-electron chi connectivity index (χ1n) is 3.49. The SMILES string of the molecule is O=[N+]([O-])c1ccc(Cl)cc1OC(F)(F)Cl. The van der Waals surface area contributed by atoms with Gasteiger partial charge in [0.25, 0.3) is 0 Å². The van der Waals surface area contributed by atoms with Gasteiger partial charge in [-0.3, -0.25) is 10.1 Å². The average molecular weight is 258 g/mol. The Labute approximate surface area is 92.5 Å². The Bertz CT molecular complexity index is 394. The number of rotatable bonds is 3. The number of nitro groups is 1. The molecule has 0 saturated carbocycles. The Morgan fingerprint density at radius 1 is 1.47 bits per heavy atom. The molecule has 1 aromatic carbocycles. The van der Waals surface area contributed by atoms with E-state index in [4.69, 9.17) is 11.6 Å². The summed E-state index contributed by atoms with van der Waals surface area (Å²) in [4.78, 5) is 9.53. The van der Waals surface area contributed by atoms with Crippen molar-refractivity contribution in [2.45, 2.75) is 5.57 Å². The van der Waals surface area contributed by atoms with Crippen molar-refractivity contribution in [3.05, 3.63) is 33.3 Å². The molecule has 0 aliphatic heterocycles. The van der Waals surface area contributed by atoms with Crippen LogP contribution in [0.2, 0.25) is 5.02 Å². The Morgan fingerprint density at radius 2 is 2.07 bits per heavy atom. The lowest BCUT2D eigenvalue weighted by atomic mass is 10.3. The molecule has 1 rings (SSSR count). The smallest absolute Gasteiger partial charge is 0.413 e. The van der Waals surface area contributed by atoms with E-state index in [-0.39, 0.29) is 5.02 Å². The molecule has 82 valence electrons. The van der Waals surface area contributed by atoms with Gasteiger partial charge in [-0.2, -0.15) is 0 Å². The van der Waals surface area contributed by atoms with E-state index in [1.807, 2.05) is 0 Å². The first kappa shape index (κ1) is 11.9. The van der Waals surface area contributed by atoms with Gasteiger partial charge in [-0.05, 0) is 6.07 Å². The Kier molecular flexibility index (Phi) is 3.31. The van der Waals surface area contributed by atoms with Crippen LogP contribution in [0.3, 0.4) is 0 Å². The zero-order valence-corrected chi connectivity index (χ0v) is 8.43. The highest BCUT2D eigenvalue weighted by Crippen LogP contribution is 2.34. The van der Waals surface area contributed by atoms with Crippen molar-refractivity contribution in [1.82, 2.24) is 0 Å². The molecule has 8 heteroatoms. The molecule has 15 heavy (non-hydrogen) atoms. The van der Waals surface area contributed by atoms with Crippen LogP contribution in [0.1, 0.15) is 0 Å². The highest BCUT2D eigenvalue weighted by molar-refractivity contribution is 6.30. The van der Waals surface area contributed by atoms with Gasteiger partial charge in [-0.1, -0.05) is 11.6 Å². The topological polar surface area (TPSA) is 52.4 Å². The average Bonchev–Trinajstić information content (AvgIpc) is 1.99. The van der Waals surface area contributed by atoms with Crippen LogP contribution in [-0.4, -0.2) is 10.5 Å². The normalized spacial score (nSPS) is 11.2. The van der Waals surface area contributed by atoms with E-state index in [0.29, 0.717) is 0 Å². The van der Waals surface area contributed by atoms with Crippen molar-refractivity contribution < 1.29 is 18.4 Å². The highest BCUT2D eigenvalue weighted by Gasteiger charge is 2.31. The molecule has 0 unspecified atom stereocenters. The third kappa shape index (κ3) is 3.49. The molecule has 0 radical (unpaired) electrons. The van der Waals surface area contributed by atoms with E-state index in [1.54, 1.807) is 0 Å². The van der Waals surface area contributed by atoms with Crippen LogP contribution in [0.15, 0.2) is 18.2 Å². The molecule has 0 N–H and O–H groups in total. The van der Waals surface area contributed by atoms with Crippen molar-refractivity contribution in [2.75, 3.05) is 0 Å². The molecule has 0 heterocycles. The van der Waals surface area contributed by atoms with Gasteiger partial charge in [0.2, 0.25) is 5.75 Å². The summed E-state index contributed by atoms with van der Waals surface area (Å²) in [7, 11) is 0. The quantitative estimate of drug-likeness (QED) is 0.474. The molecule has 0 atom stereocenters. The summed E-state index contributed by atoms with van der Waals surface area (Å²) >= 11 is 9.94. The lowest BCUT2D eigenvalue weighted by Crippen LogP contribution is -2.16. The van der Waals surface area contributed by atoms with E-state index >= 15 is 0 Å². The van der Waals surface area contributed by atoms with Crippen LogP contribution >= 0.6 is 23.2 Å². The minimum absolute atomic E-state index is 0.0246. The Hall–Kier alpha value is -1.14. The fraction of sp³-hybridized carbons (Fsp3) is 0.143. The monoisotopic (exact) mass is 257 g/mol. The maximum Gasteiger partial charge on any atom is 0.487 e. The van der Waals surface area contributed by atoms with Gasteiger partial charge < -0.3 is 4.74 Å². The van der Waals surface area contributed by atoms with Crippen LogP contribution in [0, 0.1) is 10.1 Å². The van der Waals surface area contributed by atoms with Gasteiger partial charge in [0, 0.05) is 28.8 Å². The third-order valence-corrected chi connectivity index (χ3v) is 1.66. The molecular formula is C7H3Cl2F2NO3. The van der Waals surface area contributed by atoms with Crippen molar-refractivity contribution >= 4 is 28.9 Å². The number of hydrogen-bond acceptors (Lipinski definition) is 3. The maximum atomic E-state index is 12.3. The second-order valence-electron chi connectivity index (χ2n) is 2.42. The van der Waals surface area contributed by atoms with Gasteiger partial charge in [-0.15, -0.1) is 8.78 Å². The van der Waals surface area contributed by atoms with E-state index in [1.165, 1.54) is 6.07 Å². The minimum Gasteiger partial charge on any atom is -0.413 e. The standard InChI is InChI=1S/C7H3Cl2F2NO3/c8-4-1-2-5(12(13)14)6(3-4)15-7(9,10)11/h1-3H. The molecule has 0 amide bonds. The molecule has 0 bridgehead atoms. The fourth-order valence-corrected chi connectivity index (χ4v) is 1.09. The van der Waals surface area contributed by atoms with Crippen LogP contribution < -0.4 is 4.74 Å². The highest BCUT2D eigenvalue weighted by atomic mass is 35.5. The van der Waals surface area contributed by atoms with E-state index < -0.39 is 21.9 Å². The molecule has 0 aliphatic rings. The third-order valence-electron chi connectivity index (χ3n) is 1.34. The minimum atomic E-state index is -4.02. The predicted octanol–water partition coefficient (Wildman–Crippen LogP) is 3.42. The van der Waals surface area contributed by atoms with Gasteiger partial charge in [-0.25, -0.2) is 0 Å². The number of nitrogens with zero attached hydrogens (tertiary/aromatic N) is 1. The van der Waals surface area contributed by atoms with E-state index in [0.717, 1.165) is 12.1 Å². The van der Waals surface area contributed by atoms with Crippen molar-refractivity contribution in [3.8, 4) is 5.75 Å². The lowest BCUT2D eigenvalue weighted by molar-refractivity contribution is -0.386. The van der Waals surface area contributed by atoms with Gasteiger partial charge >= 0.3 is 11.3 Å². The number of ether oxygens (including phenoxy) is 1. The summed E-state index contributed by atoms with van der Waals surface area (Å²) in [5.41, 5.74) is -4.66. The van der Waals surface area contributed by atoms with Crippen LogP contribution in [0.5, 0.6) is 5.75 Å². The molecule has 0 aromatic heterocycles. The zero-order chi connectivity index (χ0) is 11.6. The van der Waals surface area contributed by atoms with Crippen molar-refractivity contribution in [3.63, 3.8) is 0 Å². The number of benzene rings is 1. The fourth-order valence-electron chi connectivity index (χ4n) is 0.845. The Morgan fingerprint density at radius 3 is 2.53 bits per heavy atom. The summed E-state index contributed by atoms with van der Waals surface area (Å²) < 4.78 is 28.4. The number of halogens is 4. The second-order valence-corrected chi connectivity index (χ2v) is 3.29. The Balaban J connectivity index is 3.13. The van der Waals surface area contributed by atoms with E-state index in [9.17, 15) is 18.9 Å². The second kappa shape index (κ2) is 4.16. The molecule has 0 saturated heterocycles. The zero-order valence-electron chi connectivity index (χ0n) is 6.92. The largest absolute Gasteiger partial charge is 0.487 e. The molecule has 0 spiro atoms. The first-order chi connectivity index (χ1) is 6.79. The number of nitro benzene ring substituents is 1. The predicted molar refractivity (Wildman–Crippen MR) is 49.5 cm³/mol. The first-order valence-corrected chi connectivity index (χ1v) is 4.25. The summed E-state index contributed by atoms with van der Waals surface area (Å²) in [6.45, 7) is 0. The van der Waals surface area contributed by atoms with E-state index in [2.05, 4.69) is 16.3 Å². The molecule has 4 nitrogen and oxygen atoms in total. The molecule has 0 fully saturated rings. The van der Waals surface area contributed by atoms with Crippen LogP contribution in [0.4, 0.5) is 14.5 Å². The molecular weight excluding hydrogens is 255 g/mol. The van der Waals surface area contributed by atoms with Crippen molar-refractivity contribution in [2.24, 2.45) is 0 Å². The lowest BCUT2D eigenvalue weighted by Gasteiger charge is -2.10. The van der Waals surface area contributed by atoms with Gasteiger partial charge in [0.1, 0.15) is 0 Å². The maximum absolute atomic E-state index is 12.3. The number of hydrogen-bond donors (Lipinski definition) is 0. The summed E-state index contributed by atoms with van der Waals surface area (Å²) in [5, 5.41) is 10.4. The molecule has 1 aromatic rings. The summed E-state index contributed by atoms with van der Waals surface area (Å²) in [6, 6.07) is 3.01. The van der Waals surface area contributed by atoms with Crippen LogP contribution in [0.25, 0.3) is 0 Å². The van der Waals surface area contributed by atoms with Gasteiger partial charge in [0.15, 0.2) is 0 Å². The summed E-state index contributed by atoms with van der Waals surface area (Å²) in [5.74, 6) is -0.687. The van der Waals surface area contributed by atoms with Gasteiger partial charge in [0.05, 0.1) is 4.92 Å².